The molecular weight excluding hydrogens is 421 g/mol. The second-order valence-corrected chi connectivity index (χ2v) is 7.45. The van der Waals surface area contributed by atoms with E-state index in [-0.39, 0.29) is 40.4 Å². The monoisotopic (exact) mass is 447 g/mol. The van der Waals surface area contributed by atoms with Crippen LogP contribution in [0.2, 0.25) is 0 Å². The predicted octanol–water partition coefficient (Wildman–Crippen LogP) is 2.90. The van der Waals surface area contributed by atoms with Crippen LogP contribution in [0.4, 0.5) is 0 Å². The van der Waals surface area contributed by atoms with Crippen molar-refractivity contribution >= 4 is 40.3 Å². The van der Waals surface area contributed by atoms with Crippen LogP contribution in [0.15, 0.2) is 60.7 Å². The van der Waals surface area contributed by atoms with E-state index in [1.54, 1.807) is 24.3 Å². The van der Waals surface area contributed by atoms with Crippen molar-refractivity contribution in [1.82, 2.24) is 0 Å². The van der Waals surface area contributed by atoms with Gasteiger partial charge in [-0.2, -0.15) is 0 Å². The van der Waals surface area contributed by atoms with E-state index in [4.69, 9.17) is 4.74 Å². The van der Waals surface area contributed by atoms with Crippen molar-refractivity contribution in [2.45, 2.75) is 24.5 Å². The number of carbonyl (C=O) groups excluding carboxylic acids is 1. The quantitative estimate of drug-likeness (QED) is 0.445. The molecule has 1 N–H and O–H groups in total. The van der Waals surface area contributed by atoms with Crippen molar-refractivity contribution in [3.63, 3.8) is 0 Å². The maximum atomic E-state index is 13.1. The van der Waals surface area contributed by atoms with E-state index in [2.05, 4.69) is 14.1 Å². The van der Waals surface area contributed by atoms with Crippen LogP contribution >= 0.6 is 17.0 Å². The Balaban J connectivity index is 0.00000182. The van der Waals surface area contributed by atoms with Crippen LogP contribution in [0, 0.1) is 0 Å². The molecule has 140 valence electrons. The second kappa shape index (κ2) is 9.86. The van der Waals surface area contributed by atoms with Gasteiger partial charge in [-0.1, -0.05) is 60.7 Å². The molecule has 0 radical (unpaired) electrons. The molecule has 1 unspecified atom stereocenters. The maximum Gasteiger partial charge on any atom is 3.00 e. The van der Waals surface area contributed by atoms with Gasteiger partial charge >= 0.3 is 23.3 Å². The summed E-state index contributed by atoms with van der Waals surface area (Å²) in [6, 6.07) is 18.0. The Morgan fingerprint density at radius 2 is 1.52 bits per heavy atom. The van der Waals surface area contributed by atoms with Crippen molar-refractivity contribution in [3.05, 3.63) is 71.8 Å². The zero-order valence-corrected chi connectivity index (χ0v) is 18.7. The summed E-state index contributed by atoms with van der Waals surface area (Å²) in [4.78, 5) is 13.1. The first-order valence-corrected chi connectivity index (χ1v) is 8.78. The minimum Gasteiger partial charge on any atom is -0.454 e. The van der Waals surface area contributed by atoms with Gasteiger partial charge in [0, 0.05) is 6.42 Å². The van der Waals surface area contributed by atoms with Crippen LogP contribution in [0.1, 0.15) is 24.0 Å². The molecule has 27 heavy (non-hydrogen) atoms. The number of ether oxygens (including phenoxy) is 1. The number of halogens is 1. The molecule has 0 saturated carbocycles. The third-order valence-electron chi connectivity index (χ3n) is 4.94. The fourth-order valence-electron chi connectivity index (χ4n) is 3.57. The number of quaternary nitrogens is 1. The number of piperidine rings is 1. The van der Waals surface area contributed by atoms with Crippen LogP contribution in [-0.4, -0.2) is 66.2 Å². The second-order valence-electron chi connectivity index (χ2n) is 7.45. The standard InChI is InChI=1S/C21H26NO3.Al.BrH/c1-22(2)15-9-14-19(16-22)25-20(23)21(24,17-10-5-3-6-11-17)18-12-7-4-8-13-18;;/h3-8,10-13,19,24H,9,14-16H2,1-2H3;;1H/q+1;+3;. The number of carbonyl (C=O) groups is 1. The van der Waals surface area contributed by atoms with Gasteiger partial charge in [-0.25, -0.2) is 4.79 Å². The van der Waals surface area contributed by atoms with Gasteiger partial charge in [0.05, 0.1) is 20.6 Å². The molecule has 0 amide bonds. The Bertz CT molecular complexity index is 685. The SMILES string of the molecule is Br.C[N+]1(C)CCCC(OC(=O)C(O)(c2ccccc2)c2ccccc2)C1.[Al+3]. The number of rotatable bonds is 4. The summed E-state index contributed by atoms with van der Waals surface area (Å²) >= 11 is 0. The van der Waals surface area contributed by atoms with Gasteiger partial charge in [0.15, 0.2) is 6.10 Å². The van der Waals surface area contributed by atoms with E-state index in [1.807, 2.05) is 36.4 Å². The molecule has 4 nitrogen and oxygen atoms in total. The average molecular weight is 448 g/mol. The number of hydrogen-bond donors (Lipinski definition) is 1. The van der Waals surface area contributed by atoms with E-state index < -0.39 is 11.6 Å². The zero-order valence-electron chi connectivity index (χ0n) is 15.9. The summed E-state index contributed by atoms with van der Waals surface area (Å²) in [7, 11) is 4.28. The van der Waals surface area contributed by atoms with Crippen molar-refractivity contribution in [3.8, 4) is 0 Å². The van der Waals surface area contributed by atoms with Gasteiger partial charge in [0.2, 0.25) is 5.60 Å². The van der Waals surface area contributed by atoms with E-state index in [0.717, 1.165) is 30.4 Å². The van der Waals surface area contributed by atoms with Gasteiger partial charge in [-0.3, -0.25) is 0 Å². The van der Waals surface area contributed by atoms with E-state index >= 15 is 0 Å². The molecule has 1 saturated heterocycles. The van der Waals surface area contributed by atoms with Crippen LogP contribution in [0.25, 0.3) is 0 Å². The largest absolute Gasteiger partial charge is 3.00 e. The van der Waals surface area contributed by atoms with Crippen molar-refractivity contribution in [2.75, 3.05) is 27.2 Å². The third-order valence-corrected chi connectivity index (χ3v) is 4.94. The number of aliphatic hydroxyl groups is 1. The fraction of sp³-hybridized carbons (Fsp3) is 0.381. The molecule has 1 aliphatic heterocycles. The summed E-state index contributed by atoms with van der Waals surface area (Å²) in [6.45, 7) is 1.85. The molecule has 0 bridgehead atoms. The van der Waals surface area contributed by atoms with E-state index in [0.29, 0.717) is 11.1 Å². The van der Waals surface area contributed by atoms with E-state index in [1.165, 1.54) is 0 Å². The minimum absolute atomic E-state index is 0. The normalized spacial score (nSPS) is 18.6. The first-order valence-electron chi connectivity index (χ1n) is 8.78. The summed E-state index contributed by atoms with van der Waals surface area (Å²) in [6.07, 6.45) is 1.68. The van der Waals surface area contributed by atoms with Gasteiger partial charge < -0.3 is 14.3 Å². The van der Waals surface area contributed by atoms with Gasteiger partial charge in [0.1, 0.15) is 6.54 Å². The Labute approximate surface area is 182 Å². The van der Waals surface area contributed by atoms with Crippen molar-refractivity contribution < 1.29 is 19.1 Å². The smallest absolute Gasteiger partial charge is 0.454 e. The van der Waals surface area contributed by atoms with Crippen LogP contribution in [0.5, 0.6) is 0 Å². The van der Waals surface area contributed by atoms with Gasteiger partial charge in [-0.05, 0) is 17.5 Å². The first kappa shape index (κ1) is 23.9. The molecule has 0 spiro atoms. The molecule has 2 aromatic rings. The maximum absolute atomic E-state index is 13.1. The molecule has 3 rings (SSSR count). The Hall–Kier alpha value is -1.16. The number of nitrogens with zero attached hydrogens (tertiary/aromatic N) is 1. The van der Waals surface area contributed by atoms with Gasteiger partial charge in [0.25, 0.3) is 0 Å². The summed E-state index contributed by atoms with van der Waals surface area (Å²) in [5.74, 6) is -0.600. The van der Waals surface area contributed by atoms with E-state index in [9.17, 15) is 9.90 Å². The molecule has 1 atom stereocenters. The molecule has 0 aliphatic carbocycles. The minimum atomic E-state index is -1.79. The first-order chi connectivity index (χ1) is 11.9. The molecule has 1 fully saturated rings. The average Bonchev–Trinajstić information content (AvgIpc) is 2.61. The molecule has 0 aromatic heterocycles. The predicted molar refractivity (Wildman–Crippen MR) is 113 cm³/mol. The summed E-state index contributed by atoms with van der Waals surface area (Å²) < 4.78 is 6.62. The fourth-order valence-corrected chi connectivity index (χ4v) is 3.57. The summed E-state index contributed by atoms with van der Waals surface area (Å²) in [5, 5.41) is 11.4. The molecule has 1 heterocycles. The van der Waals surface area contributed by atoms with Crippen molar-refractivity contribution in [2.24, 2.45) is 0 Å². The number of likely N-dealkylation sites (tertiary alicyclic amines) is 1. The number of benzene rings is 2. The van der Waals surface area contributed by atoms with Crippen molar-refractivity contribution in [1.29, 1.82) is 0 Å². The number of likely N-dealkylation sites (N-methyl/N-ethyl adjacent to an activating group) is 1. The molecule has 1 aliphatic rings. The summed E-state index contributed by atoms with van der Waals surface area (Å²) in [5.41, 5.74) is -0.747. The van der Waals surface area contributed by atoms with Crippen LogP contribution in [-0.2, 0) is 15.1 Å². The molecule has 2 aromatic carbocycles. The van der Waals surface area contributed by atoms with Crippen LogP contribution < -0.4 is 0 Å². The Morgan fingerprint density at radius 3 is 1.96 bits per heavy atom. The van der Waals surface area contributed by atoms with Gasteiger partial charge in [-0.15, -0.1) is 17.0 Å². The Morgan fingerprint density at radius 1 is 1.04 bits per heavy atom. The number of esters is 1. The topological polar surface area (TPSA) is 46.5 Å². The Kier molecular flexibility index (Phi) is 8.72. The number of hydrogen-bond acceptors (Lipinski definition) is 3. The molecular formula is C21H27AlBrNO3+4. The van der Waals surface area contributed by atoms with Crippen LogP contribution in [0.3, 0.4) is 0 Å². The zero-order chi connectivity index (χ0) is 17.9. The molecule has 6 heteroatoms. The third kappa shape index (κ3) is 5.43.